The molecule has 1 heterocycles. The quantitative estimate of drug-likeness (QED) is 0.735. The van der Waals surface area contributed by atoms with E-state index in [4.69, 9.17) is 0 Å². The first-order chi connectivity index (χ1) is 9.75. The molecule has 1 atom stereocenters. The number of carbonyl (C=O) groups is 2. The van der Waals surface area contributed by atoms with Gasteiger partial charge in [-0.15, -0.1) is 0 Å². The molecule has 5 nitrogen and oxygen atoms in total. The first-order valence-electron chi connectivity index (χ1n) is 7.07. The van der Waals surface area contributed by atoms with E-state index in [-0.39, 0.29) is 24.4 Å². The van der Waals surface area contributed by atoms with E-state index in [9.17, 15) is 9.59 Å². The van der Waals surface area contributed by atoms with Crippen LogP contribution >= 0.6 is 0 Å². The van der Waals surface area contributed by atoms with E-state index >= 15 is 0 Å². The van der Waals surface area contributed by atoms with Crippen molar-refractivity contribution in [1.82, 2.24) is 16.0 Å². The molecule has 0 bridgehead atoms. The van der Waals surface area contributed by atoms with E-state index in [0.29, 0.717) is 6.54 Å². The molecule has 0 saturated carbocycles. The summed E-state index contributed by atoms with van der Waals surface area (Å²) in [5.74, 6) is -0.252. The molecule has 1 fully saturated rings. The second kappa shape index (κ2) is 7.65. The maximum Gasteiger partial charge on any atom is 0.239 e. The Kier molecular flexibility index (Phi) is 5.55. The van der Waals surface area contributed by atoms with Gasteiger partial charge < -0.3 is 16.0 Å². The first-order valence-corrected chi connectivity index (χ1v) is 7.07. The smallest absolute Gasteiger partial charge is 0.239 e. The third kappa shape index (κ3) is 4.66. The number of carbonyl (C=O) groups excluding carboxylic acids is 2. The normalized spacial score (nSPS) is 18.3. The Morgan fingerprint density at radius 3 is 2.65 bits per heavy atom. The van der Waals surface area contributed by atoms with Gasteiger partial charge in [-0.1, -0.05) is 36.8 Å². The summed E-state index contributed by atoms with van der Waals surface area (Å²) in [5.41, 5.74) is 1.04. The molecule has 3 N–H and O–H groups in total. The predicted octanol–water partition coefficient (Wildman–Crippen LogP) is 0.561. The molecule has 1 aromatic rings. The van der Waals surface area contributed by atoms with Crippen molar-refractivity contribution in [1.29, 1.82) is 0 Å². The third-order valence-corrected chi connectivity index (χ3v) is 3.38. The zero-order valence-electron chi connectivity index (χ0n) is 11.5. The predicted molar refractivity (Wildman–Crippen MR) is 76.9 cm³/mol. The highest BCUT2D eigenvalue weighted by atomic mass is 16.2. The Morgan fingerprint density at radius 2 is 1.95 bits per heavy atom. The molecule has 1 aromatic carbocycles. The van der Waals surface area contributed by atoms with Crippen molar-refractivity contribution in [2.75, 3.05) is 13.1 Å². The van der Waals surface area contributed by atoms with Gasteiger partial charge in [0.2, 0.25) is 11.8 Å². The lowest BCUT2D eigenvalue weighted by molar-refractivity contribution is -0.127. The number of piperidine rings is 1. The summed E-state index contributed by atoms with van der Waals surface area (Å²) in [5, 5.41) is 8.61. The van der Waals surface area contributed by atoms with Crippen molar-refractivity contribution in [3.8, 4) is 0 Å². The molecule has 2 amide bonds. The molecular formula is C15H21N3O2. The Balaban J connectivity index is 1.65. The molecule has 0 radical (unpaired) electrons. The van der Waals surface area contributed by atoms with Crippen LogP contribution in [0.25, 0.3) is 0 Å². The molecule has 0 aliphatic carbocycles. The standard InChI is InChI=1S/C15H21N3O2/c19-14(17-10-12-6-2-1-3-7-12)11-18-15(20)13-8-4-5-9-16-13/h1-3,6-7,13,16H,4-5,8-11H2,(H,17,19)(H,18,20)/t13-/m1/s1. The zero-order chi connectivity index (χ0) is 14.2. The van der Waals surface area contributed by atoms with Crippen molar-refractivity contribution in [2.24, 2.45) is 0 Å². The summed E-state index contributed by atoms with van der Waals surface area (Å²) < 4.78 is 0. The molecule has 0 aromatic heterocycles. The van der Waals surface area contributed by atoms with Gasteiger partial charge in [-0.25, -0.2) is 0 Å². The highest BCUT2D eigenvalue weighted by Crippen LogP contribution is 2.06. The Labute approximate surface area is 119 Å². The van der Waals surface area contributed by atoms with E-state index in [1.807, 2.05) is 30.3 Å². The summed E-state index contributed by atoms with van der Waals surface area (Å²) >= 11 is 0. The molecular weight excluding hydrogens is 254 g/mol. The molecule has 5 heteroatoms. The monoisotopic (exact) mass is 275 g/mol. The summed E-state index contributed by atoms with van der Waals surface area (Å²) in [6.07, 6.45) is 3.02. The average Bonchev–Trinajstić information content (AvgIpc) is 2.52. The van der Waals surface area contributed by atoms with Gasteiger partial charge in [0, 0.05) is 6.54 Å². The third-order valence-electron chi connectivity index (χ3n) is 3.38. The maximum absolute atomic E-state index is 11.8. The van der Waals surface area contributed by atoms with Crippen LogP contribution in [-0.2, 0) is 16.1 Å². The van der Waals surface area contributed by atoms with E-state index in [2.05, 4.69) is 16.0 Å². The van der Waals surface area contributed by atoms with Crippen LogP contribution < -0.4 is 16.0 Å². The van der Waals surface area contributed by atoms with Gasteiger partial charge in [0.15, 0.2) is 0 Å². The summed E-state index contributed by atoms with van der Waals surface area (Å²) in [4.78, 5) is 23.5. The van der Waals surface area contributed by atoms with Crippen molar-refractivity contribution in [3.05, 3.63) is 35.9 Å². The van der Waals surface area contributed by atoms with Gasteiger partial charge in [-0.2, -0.15) is 0 Å². The zero-order valence-corrected chi connectivity index (χ0v) is 11.5. The van der Waals surface area contributed by atoms with Crippen LogP contribution in [0.4, 0.5) is 0 Å². The summed E-state index contributed by atoms with van der Waals surface area (Å²) in [6, 6.07) is 9.54. The highest BCUT2D eigenvalue weighted by molar-refractivity contribution is 5.87. The number of nitrogens with one attached hydrogen (secondary N) is 3. The van der Waals surface area contributed by atoms with Gasteiger partial charge in [0.05, 0.1) is 12.6 Å². The van der Waals surface area contributed by atoms with Crippen LogP contribution in [-0.4, -0.2) is 30.9 Å². The number of rotatable bonds is 5. The lowest BCUT2D eigenvalue weighted by Crippen LogP contribution is -2.48. The van der Waals surface area contributed by atoms with E-state index < -0.39 is 0 Å². The molecule has 1 aliphatic heterocycles. The number of hydrogen-bond donors (Lipinski definition) is 3. The Morgan fingerprint density at radius 1 is 1.15 bits per heavy atom. The average molecular weight is 275 g/mol. The maximum atomic E-state index is 11.8. The molecule has 2 rings (SSSR count). The Bertz CT molecular complexity index is 442. The van der Waals surface area contributed by atoms with Crippen LogP contribution in [0, 0.1) is 0 Å². The van der Waals surface area contributed by atoms with Crippen molar-refractivity contribution >= 4 is 11.8 Å². The fourth-order valence-electron chi connectivity index (χ4n) is 2.23. The molecule has 0 spiro atoms. The molecule has 1 aliphatic rings. The Hall–Kier alpha value is -1.88. The second-order valence-corrected chi connectivity index (χ2v) is 4.98. The minimum absolute atomic E-state index is 0.0316. The lowest BCUT2D eigenvalue weighted by Gasteiger charge is -2.22. The minimum atomic E-state index is -0.169. The number of amides is 2. The second-order valence-electron chi connectivity index (χ2n) is 4.98. The highest BCUT2D eigenvalue weighted by Gasteiger charge is 2.20. The fourth-order valence-corrected chi connectivity index (χ4v) is 2.23. The minimum Gasteiger partial charge on any atom is -0.350 e. The van der Waals surface area contributed by atoms with Gasteiger partial charge in [-0.05, 0) is 24.9 Å². The van der Waals surface area contributed by atoms with Crippen molar-refractivity contribution in [2.45, 2.75) is 31.8 Å². The van der Waals surface area contributed by atoms with Crippen LogP contribution in [0.2, 0.25) is 0 Å². The number of benzene rings is 1. The molecule has 0 unspecified atom stereocenters. The van der Waals surface area contributed by atoms with Gasteiger partial charge in [0.25, 0.3) is 0 Å². The van der Waals surface area contributed by atoms with Gasteiger partial charge in [-0.3, -0.25) is 9.59 Å². The molecule has 108 valence electrons. The summed E-state index contributed by atoms with van der Waals surface area (Å²) in [7, 11) is 0. The topological polar surface area (TPSA) is 70.2 Å². The molecule has 20 heavy (non-hydrogen) atoms. The SMILES string of the molecule is O=C(CNC(=O)[C@H]1CCCCN1)NCc1ccccc1. The largest absolute Gasteiger partial charge is 0.350 e. The fraction of sp³-hybridized carbons (Fsp3) is 0.467. The van der Waals surface area contributed by atoms with Crippen LogP contribution in [0.3, 0.4) is 0 Å². The lowest BCUT2D eigenvalue weighted by atomic mass is 10.0. The van der Waals surface area contributed by atoms with E-state index in [1.165, 1.54) is 0 Å². The first kappa shape index (κ1) is 14.5. The van der Waals surface area contributed by atoms with E-state index in [0.717, 1.165) is 31.4 Å². The van der Waals surface area contributed by atoms with Crippen LogP contribution in [0.1, 0.15) is 24.8 Å². The van der Waals surface area contributed by atoms with Crippen LogP contribution in [0.5, 0.6) is 0 Å². The van der Waals surface area contributed by atoms with Gasteiger partial charge >= 0.3 is 0 Å². The van der Waals surface area contributed by atoms with Crippen LogP contribution in [0.15, 0.2) is 30.3 Å². The van der Waals surface area contributed by atoms with Gasteiger partial charge in [0.1, 0.15) is 0 Å². The number of hydrogen-bond acceptors (Lipinski definition) is 3. The van der Waals surface area contributed by atoms with Crippen molar-refractivity contribution in [3.63, 3.8) is 0 Å². The van der Waals surface area contributed by atoms with Crippen molar-refractivity contribution < 1.29 is 9.59 Å². The summed E-state index contributed by atoms with van der Waals surface area (Å²) in [6.45, 7) is 1.39. The molecule has 1 saturated heterocycles. The van der Waals surface area contributed by atoms with E-state index in [1.54, 1.807) is 0 Å².